The lowest BCUT2D eigenvalue weighted by atomic mass is 9.88. The molecule has 1 fully saturated rings. The van der Waals surface area contributed by atoms with Crippen LogP contribution in [-0.2, 0) is 13.0 Å². The predicted octanol–water partition coefficient (Wildman–Crippen LogP) is 6.10. The molecule has 0 spiro atoms. The SMILES string of the molecule is CCc1ccc2[nH]cc(C3CCN(Cc4ccc(C(C)S)cc4)CC3)c2c1. The number of rotatable bonds is 5. The van der Waals surface area contributed by atoms with Crippen molar-refractivity contribution >= 4 is 23.5 Å². The summed E-state index contributed by atoms with van der Waals surface area (Å²) in [6.45, 7) is 7.76. The molecule has 27 heavy (non-hydrogen) atoms. The highest BCUT2D eigenvalue weighted by atomic mass is 32.1. The Kier molecular flexibility index (Phi) is 5.60. The maximum Gasteiger partial charge on any atom is 0.0457 e. The number of H-pyrrole nitrogens is 1. The molecule has 0 bridgehead atoms. The monoisotopic (exact) mass is 378 g/mol. The minimum absolute atomic E-state index is 0.305. The van der Waals surface area contributed by atoms with E-state index in [1.54, 1.807) is 0 Å². The molecule has 1 unspecified atom stereocenters. The quantitative estimate of drug-likeness (QED) is 0.514. The van der Waals surface area contributed by atoms with Crippen LogP contribution in [0.4, 0.5) is 0 Å². The van der Waals surface area contributed by atoms with Gasteiger partial charge in [-0.3, -0.25) is 4.90 Å². The van der Waals surface area contributed by atoms with Gasteiger partial charge < -0.3 is 4.98 Å². The molecule has 0 aliphatic carbocycles. The van der Waals surface area contributed by atoms with Crippen molar-refractivity contribution in [2.24, 2.45) is 0 Å². The highest BCUT2D eigenvalue weighted by Crippen LogP contribution is 2.34. The zero-order chi connectivity index (χ0) is 18.8. The Morgan fingerprint density at radius 2 is 1.78 bits per heavy atom. The maximum atomic E-state index is 4.52. The number of aromatic amines is 1. The first-order valence-corrected chi connectivity index (χ1v) is 10.7. The van der Waals surface area contributed by atoms with Crippen LogP contribution in [0.1, 0.15) is 60.1 Å². The van der Waals surface area contributed by atoms with Gasteiger partial charge in [0.25, 0.3) is 0 Å². The van der Waals surface area contributed by atoms with Crippen molar-refractivity contribution in [3.05, 3.63) is 70.9 Å². The maximum absolute atomic E-state index is 4.52. The van der Waals surface area contributed by atoms with Gasteiger partial charge in [0.1, 0.15) is 0 Å². The zero-order valence-electron chi connectivity index (χ0n) is 16.4. The minimum atomic E-state index is 0.305. The molecule has 1 aliphatic rings. The van der Waals surface area contributed by atoms with Gasteiger partial charge in [0.15, 0.2) is 0 Å². The summed E-state index contributed by atoms with van der Waals surface area (Å²) >= 11 is 4.52. The molecule has 4 rings (SSSR count). The largest absolute Gasteiger partial charge is 0.361 e. The first-order chi connectivity index (χ1) is 13.1. The van der Waals surface area contributed by atoms with Crippen molar-refractivity contribution < 1.29 is 0 Å². The van der Waals surface area contributed by atoms with Gasteiger partial charge in [0.2, 0.25) is 0 Å². The number of benzene rings is 2. The van der Waals surface area contributed by atoms with E-state index in [0.717, 1.165) is 13.0 Å². The van der Waals surface area contributed by atoms with Crippen LogP contribution in [0.2, 0.25) is 0 Å². The van der Waals surface area contributed by atoms with Crippen molar-refractivity contribution in [2.75, 3.05) is 13.1 Å². The Balaban J connectivity index is 1.40. The van der Waals surface area contributed by atoms with Crippen LogP contribution < -0.4 is 0 Å². The van der Waals surface area contributed by atoms with E-state index in [1.807, 2.05) is 0 Å². The summed E-state index contributed by atoms with van der Waals surface area (Å²) in [5.41, 5.74) is 6.94. The summed E-state index contributed by atoms with van der Waals surface area (Å²) in [6, 6.07) is 15.8. The van der Waals surface area contributed by atoms with Crippen LogP contribution in [-0.4, -0.2) is 23.0 Å². The van der Waals surface area contributed by atoms with Crippen LogP contribution in [0.3, 0.4) is 0 Å². The van der Waals surface area contributed by atoms with E-state index >= 15 is 0 Å². The minimum Gasteiger partial charge on any atom is -0.361 e. The van der Waals surface area contributed by atoms with E-state index in [0.29, 0.717) is 11.2 Å². The molecule has 142 valence electrons. The molecule has 2 aromatic carbocycles. The summed E-state index contributed by atoms with van der Waals surface area (Å²) in [5.74, 6) is 0.675. The molecule has 1 aliphatic heterocycles. The summed E-state index contributed by atoms with van der Waals surface area (Å²) in [4.78, 5) is 6.08. The number of likely N-dealkylation sites (tertiary alicyclic amines) is 1. The molecule has 3 aromatic rings. The smallest absolute Gasteiger partial charge is 0.0457 e. The number of nitrogens with zero attached hydrogens (tertiary/aromatic N) is 1. The van der Waals surface area contributed by atoms with Crippen LogP contribution in [0.25, 0.3) is 10.9 Å². The highest BCUT2D eigenvalue weighted by Gasteiger charge is 2.23. The Hall–Kier alpha value is -1.71. The lowest BCUT2D eigenvalue weighted by Gasteiger charge is -2.32. The van der Waals surface area contributed by atoms with Crippen LogP contribution in [0.15, 0.2) is 48.7 Å². The molecule has 0 saturated carbocycles. The van der Waals surface area contributed by atoms with E-state index in [1.165, 1.54) is 59.1 Å². The molecule has 2 nitrogen and oxygen atoms in total. The molecule has 0 amide bonds. The number of nitrogens with one attached hydrogen (secondary N) is 1. The Morgan fingerprint density at radius 3 is 2.44 bits per heavy atom. The van der Waals surface area contributed by atoms with E-state index in [2.05, 4.69) is 85.0 Å². The van der Waals surface area contributed by atoms with Gasteiger partial charge in [-0.1, -0.05) is 37.3 Å². The first-order valence-electron chi connectivity index (χ1n) is 10.2. The van der Waals surface area contributed by atoms with E-state index in [9.17, 15) is 0 Å². The third-order valence-corrected chi connectivity index (χ3v) is 6.38. The van der Waals surface area contributed by atoms with Gasteiger partial charge >= 0.3 is 0 Å². The molecule has 1 aromatic heterocycles. The van der Waals surface area contributed by atoms with Gasteiger partial charge in [0.05, 0.1) is 0 Å². The van der Waals surface area contributed by atoms with Crippen molar-refractivity contribution in [3.63, 3.8) is 0 Å². The zero-order valence-corrected chi connectivity index (χ0v) is 17.3. The topological polar surface area (TPSA) is 19.0 Å². The third kappa shape index (κ3) is 4.09. The number of aromatic nitrogens is 1. The Labute approximate surface area is 168 Å². The average molecular weight is 379 g/mol. The first kappa shape index (κ1) is 18.6. The predicted molar refractivity (Wildman–Crippen MR) is 119 cm³/mol. The molecule has 1 saturated heterocycles. The molecule has 1 atom stereocenters. The van der Waals surface area contributed by atoms with Gasteiger partial charge in [-0.05, 0) is 79.6 Å². The van der Waals surface area contributed by atoms with E-state index in [-0.39, 0.29) is 0 Å². The Morgan fingerprint density at radius 1 is 1.07 bits per heavy atom. The van der Waals surface area contributed by atoms with Gasteiger partial charge in [-0.15, -0.1) is 0 Å². The second-order valence-electron chi connectivity index (χ2n) is 7.95. The van der Waals surface area contributed by atoms with Crippen LogP contribution in [0.5, 0.6) is 0 Å². The average Bonchev–Trinajstić information content (AvgIpc) is 3.12. The Bertz CT molecular complexity index is 886. The highest BCUT2D eigenvalue weighted by molar-refractivity contribution is 7.80. The number of fused-ring (bicyclic) bond motifs is 1. The van der Waals surface area contributed by atoms with Crippen molar-refractivity contribution in [1.82, 2.24) is 9.88 Å². The normalized spacial score (nSPS) is 17.4. The van der Waals surface area contributed by atoms with E-state index in [4.69, 9.17) is 0 Å². The van der Waals surface area contributed by atoms with Crippen molar-refractivity contribution in [1.29, 1.82) is 0 Å². The molecule has 2 heterocycles. The molecular weight excluding hydrogens is 348 g/mol. The number of aryl methyl sites for hydroxylation is 1. The van der Waals surface area contributed by atoms with Crippen LogP contribution in [0, 0.1) is 0 Å². The second kappa shape index (κ2) is 8.12. The van der Waals surface area contributed by atoms with Gasteiger partial charge in [0, 0.05) is 28.9 Å². The molecular formula is C24H30N2S. The lowest BCUT2D eigenvalue weighted by molar-refractivity contribution is 0.205. The third-order valence-electron chi connectivity index (χ3n) is 6.08. The number of thiol groups is 1. The van der Waals surface area contributed by atoms with E-state index < -0.39 is 0 Å². The second-order valence-corrected chi connectivity index (χ2v) is 8.72. The standard InChI is InChI=1S/C24H30N2S/c1-3-18-6-9-24-22(14-18)23(15-25-24)21-10-12-26(13-11-21)16-19-4-7-20(8-5-19)17(2)27/h4-9,14-15,17,21,25,27H,3,10-13,16H2,1-2H3. The fourth-order valence-electron chi connectivity index (χ4n) is 4.31. The lowest BCUT2D eigenvalue weighted by Crippen LogP contribution is -2.32. The van der Waals surface area contributed by atoms with Gasteiger partial charge in [-0.2, -0.15) is 12.6 Å². The number of hydrogen-bond donors (Lipinski definition) is 2. The fourth-order valence-corrected chi connectivity index (χ4v) is 4.48. The molecule has 0 radical (unpaired) electrons. The number of hydrogen-bond acceptors (Lipinski definition) is 2. The molecule has 1 N–H and O–H groups in total. The summed E-state index contributed by atoms with van der Waals surface area (Å²) in [5, 5.41) is 1.74. The van der Waals surface area contributed by atoms with Gasteiger partial charge in [-0.25, -0.2) is 0 Å². The van der Waals surface area contributed by atoms with Crippen molar-refractivity contribution in [2.45, 2.75) is 50.8 Å². The summed E-state index contributed by atoms with van der Waals surface area (Å²) in [7, 11) is 0. The van der Waals surface area contributed by atoms with Crippen molar-refractivity contribution in [3.8, 4) is 0 Å². The number of piperidine rings is 1. The molecule has 3 heteroatoms. The fraction of sp³-hybridized carbons (Fsp3) is 0.417. The van der Waals surface area contributed by atoms with Crippen LogP contribution >= 0.6 is 12.6 Å². The summed E-state index contributed by atoms with van der Waals surface area (Å²) in [6.07, 6.45) is 5.84. The summed E-state index contributed by atoms with van der Waals surface area (Å²) < 4.78 is 0.